The van der Waals surface area contributed by atoms with E-state index in [1.165, 1.54) is 0 Å². The van der Waals surface area contributed by atoms with Crippen molar-refractivity contribution >= 4 is 8.07 Å². The fourth-order valence-electron chi connectivity index (χ4n) is 1.70. The highest BCUT2D eigenvalue weighted by Gasteiger charge is 2.39. The summed E-state index contributed by atoms with van der Waals surface area (Å²) in [4.78, 5) is 0. The predicted octanol–water partition coefficient (Wildman–Crippen LogP) is 2.49. The molecule has 1 fully saturated rings. The smallest absolute Gasteiger partial charge is 0.164 e. The lowest BCUT2D eigenvalue weighted by Crippen LogP contribution is -2.24. The predicted molar refractivity (Wildman–Crippen MR) is 80.3 cm³/mol. The monoisotopic (exact) mass is 280 g/mol. The first kappa shape index (κ1) is 16.2. The first-order chi connectivity index (χ1) is 8.73. The number of rotatable bonds is 3. The van der Waals surface area contributed by atoms with E-state index < -0.39 is 13.9 Å². The lowest BCUT2D eigenvalue weighted by atomic mass is 10.2. The Labute approximate surface area is 117 Å². The summed E-state index contributed by atoms with van der Waals surface area (Å²) >= 11 is 0. The highest BCUT2D eigenvalue weighted by Crippen LogP contribution is 2.28. The van der Waals surface area contributed by atoms with Crippen LogP contribution in [0.1, 0.15) is 13.8 Å². The van der Waals surface area contributed by atoms with Crippen LogP contribution in [-0.2, 0) is 9.47 Å². The zero-order valence-electron chi connectivity index (χ0n) is 12.4. The maximum absolute atomic E-state index is 9.22. The summed E-state index contributed by atoms with van der Waals surface area (Å²) in [5.41, 5.74) is 3.26. The lowest BCUT2D eigenvalue weighted by Gasteiger charge is -2.15. The molecule has 0 saturated carbocycles. The molecule has 19 heavy (non-hydrogen) atoms. The highest BCUT2D eigenvalue weighted by molar-refractivity contribution is 6.83. The van der Waals surface area contributed by atoms with Crippen LogP contribution in [0.3, 0.4) is 0 Å². The number of allylic oxidation sites excluding steroid dienone is 3. The fraction of sp³-hybridized carbons (Fsp3) is 0.600. The van der Waals surface area contributed by atoms with Gasteiger partial charge >= 0.3 is 0 Å². The molecular weight excluding hydrogens is 256 g/mol. The Bertz CT molecular complexity index is 407. The molecule has 0 radical (unpaired) electrons. The highest BCUT2D eigenvalue weighted by atomic mass is 28.3. The third-order valence-electron chi connectivity index (χ3n) is 2.44. The van der Waals surface area contributed by atoms with Gasteiger partial charge in [0.15, 0.2) is 5.79 Å². The summed E-state index contributed by atoms with van der Waals surface area (Å²) < 4.78 is 11.2. The van der Waals surface area contributed by atoms with Crippen molar-refractivity contribution in [3.8, 4) is 11.5 Å². The van der Waals surface area contributed by atoms with Gasteiger partial charge in [-0.1, -0.05) is 43.8 Å². The van der Waals surface area contributed by atoms with Crippen LogP contribution in [0.4, 0.5) is 0 Å². The quantitative estimate of drug-likeness (QED) is 0.490. The number of hydrogen-bond donors (Lipinski definition) is 1. The molecule has 1 N–H and O–H groups in total. The van der Waals surface area contributed by atoms with Gasteiger partial charge in [-0.05, 0) is 19.9 Å². The maximum atomic E-state index is 9.22. The van der Waals surface area contributed by atoms with Crippen molar-refractivity contribution in [3.05, 3.63) is 24.3 Å². The SMILES string of the molecule is CC1(C)O[C@@H](CO)[C@@H](/C=C/C=C/C#C[Si](C)(C)C)O1. The average Bonchev–Trinajstić information content (AvgIpc) is 2.57. The van der Waals surface area contributed by atoms with Crippen molar-refractivity contribution < 1.29 is 14.6 Å². The zero-order chi connectivity index (χ0) is 14.5. The molecule has 2 atom stereocenters. The van der Waals surface area contributed by atoms with Crippen LogP contribution in [0.15, 0.2) is 24.3 Å². The molecule has 0 aromatic rings. The van der Waals surface area contributed by atoms with Gasteiger partial charge in [-0.2, -0.15) is 0 Å². The number of aliphatic hydroxyl groups is 1. The van der Waals surface area contributed by atoms with Gasteiger partial charge in [0.05, 0.1) is 6.61 Å². The van der Waals surface area contributed by atoms with E-state index >= 15 is 0 Å². The van der Waals surface area contributed by atoms with E-state index in [2.05, 4.69) is 31.1 Å². The van der Waals surface area contributed by atoms with Crippen molar-refractivity contribution in [2.45, 2.75) is 51.5 Å². The molecule has 0 amide bonds. The minimum Gasteiger partial charge on any atom is -0.394 e. The van der Waals surface area contributed by atoms with Crippen molar-refractivity contribution in [1.82, 2.24) is 0 Å². The second-order valence-corrected chi connectivity index (χ2v) is 10.8. The van der Waals surface area contributed by atoms with Crippen LogP contribution < -0.4 is 0 Å². The Morgan fingerprint density at radius 1 is 1.21 bits per heavy atom. The number of aliphatic hydroxyl groups excluding tert-OH is 1. The summed E-state index contributed by atoms with van der Waals surface area (Å²) in [5.74, 6) is 2.42. The van der Waals surface area contributed by atoms with Crippen molar-refractivity contribution in [2.75, 3.05) is 6.61 Å². The Hall–Kier alpha value is -0.863. The Kier molecular flexibility index (Phi) is 5.57. The van der Waals surface area contributed by atoms with Gasteiger partial charge < -0.3 is 14.6 Å². The van der Waals surface area contributed by atoms with E-state index in [1.54, 1.807) is 0 Å². The van der Waals surface area contributed by atoms with Gasteiger partial charge in [0.1, 0.15) is 20.3 Å². The molecule has 1 aliphatic rings. The molecular formula is C15H24O3Si. The molecule has 0 bridgehead atoms. The van der Waals surface area contributed by atoms with Crippen LogP contribution in [0.5, 0.6) is 0 Å². The fourth-order valence-corrected chi connectivity index (χ4v) is 2.22. The van der Waals surface area contributed by atoms with Gasteiger partial charge in [0.25, 0.3) is 0 Å². The van der Waals surface area contributed by atoms with E-state index in [-0.39, 0.29) is 18.8 Å². The molecule has 0 aromatic carbocycles. The van der Waals surface area contributed by atoms with Gasteiger partial charge in [-0.15, -0.1) is 5.54 Å². The van der Waals surface area contributed by atoms with Crippen LogP contribution in [0, 0.1) is 11.5 Å². The lowest BCUT2D eigenvalue weighted by molar-refractivity contribution is -0.146. The van der Waals surface area contributed by atoms with Crippen molar-refractivity contribution in [2.24, 2.45) is 0 Å². The summed E-state index contributed by atoms with van der Waals surface area (Å²) in [6.07, 6.45) is 6.99. The van der Waals surface area contributed by atoms with E-state index in [1.807, 2.05) is 38.2 Å². The van der Waals surface area contributed by atoms with E-state index in [0.29, 0.717) is 0 Å². The van der Waals surface area contributed by atoms with Gasteiger partial charge in [0, 0.05) is 0 Å². The zero-order valence-corrected chi connectivity index (χ0v) is 13.4. The van der Waals surface area contributed by atoms with Crippen molar-refractivity contribution in [1.29, 1.82) is 0 Å². The topological polar surface area (TPSA) is 38.7 Å². The first-order valence-corrected chi connectivity index (χ1v) is 10.1. The van der Waals surface area contributed by atoms with E-state index in [4.69, 9.17) is 9.47 Å². The number of hydrogen-bond acceptors (Lipinski definition) is 3. The molecule has 4 heteroatoms. The first-order valence-electron chi connectivity index (χ1n) is 6.56. The molecule has 0 aromatic heterocycles. The second-order valence-electron chi connectivity index (χ2n) is 6.08. The summed E-state index contributed by atoms with van der Waals surface area (Å²) in [5, 5.41) is 9.22. The minimum absolute atomic E-state index is 0.0441. The molecule has 0 spiro atoms. The van der Waals surface area contributed by atoms with E-state index in [9.17, 15) is 5.11 Å². The standard InChI is InChI=1S/C15H24O3Si/c1-15(2)17-13(14(12-16)18-15)10-8-6-7-9-11-19(3,4)5/h6-8,10,13-14,16H,12H2,1-5H3/b7-6+,10-8+/t13-,14+/m1/s1. The van der Waals surface area contributed by atoms with Gasteiger partial charge in [-0.3, -0.25) is 0 Å². The summed E-state index contributed by atoms with van der Waals surface area (Å²) in [7, 11) is -1.29. The second kappa shape index (κ2) is 6.53. The largest absolute Gasteiger partial charge is 0.394 e. The molecule has 0 aliphatic carbocycles. The normalized spacial score (nSPS) is 26.8. The van der Waals surface area contributed by atoms with Gasteiger partial charge in [-0.25, -0.2) is 0 Å². The average molecular weight is 280 g/mol. The minimum atomic E-state index is -1.29. The molecule has 1 heterocycles. The Balaban J connectivity index is 2.52. The van der Waals surface area contributed by atoms with Crippen LogP contribution in [0.25, 0.3) is 0 Å². The van der Waals surface area contributed by atoms with Gasteiger partial charge in [0.2, 0.25) is 0 Å². The number of ether oxygens (including phenoxy) is 2. The maximum Gasteiger partial charge on any atom is 0.164 e. The van der Waals surface area contributed by atoms with Crippen LogP contribution in [0.2, 0.25) is 19.6 Å². The summed E-state index contributed by atoms with van der Waals surface area (Å²) in [6.45, 7) is 10.3. The Morgan fingerprint density at radius 3 is 2.47 bits per heavy atom. The van der Waals surface area contributed by atoms with Crippen molar-refractivity contribution in [3.63, 3.8) is 0 Å². The van der Waals surface area contributed by atoms with Crippen LogP contribution in [-0.4, -0.2) is 37.8 Å². The summed E-state index contributed by atoms with van der Waals surface area (Å²) in [6, 6.07) is 0. The molecule has 1 rings (SSSR count). The molecule has 1 aliphatic heterocycles. The molecule has 3 nitrogen and oxygen atoms in total. The third kappa shape index (κ3) is 6.21. The van der Waals surface area contributed by atoms with Crippen LogP contribution >= 0.6 is 0 Å². The molecule has 0 unspecified atom stereocenters. The Morgan fingerprint density at radius 2 is 1.89 bits per heavy atom. The third-order valence-corrected chi connectivity index (χ3v) is 3.33. The molecule has 106 valence electrons. The molecule has 1 saturated heterocycles. The van der Waals surface area contributed by atoms with E-state index in [0.717, 1.165) is 0 Å².